The number of nitrogens with one attached hydrogen (secondary N) is 1. The predicted molar refractivity (Wildman–Crippen MR) is 46.3 cm³/mol. The van der Waals surface area contributed by atoms with Crippen LogP contribution in [-0.4, -0.2) is 18.3 Å². The largest absolute Gasteiger partial charge is 0.490 e. The summed E-state index contributed by atoms with van der Waals surface area (Å²) in [5.41, 5.74) is 1.89. The van der Waals surface area contributed by atoms with Gasteiger partial charge < -0.3 is 15.2 Å². The van der Waals surface area contributed by atoms with E-state index in [-0.39, 0.29) is 6.61 Å². The topological polar surface area (TPSA) is 41.5 Å². The van der Waals surface area contributed by atoms with Crippen LogP contribution >= 0.6 is 0 Å². The van der Waals surface area contributed by atoms with Crippen molar-refractivity contribution in [3.05, 3.63) is 23.8 Å². The summed E-state index contributed by atoms with van der Waals surface area (Å²) >= 11 is 0. The Hall–Kier alpha value is -1.22. The maximum absolute atomic E-state index is 8.87. The lowest BCUT2D eigenvalue weighted by Gasteiger charge is -2.19. The molecule has 0 aromatic heterocycles. The van der Waals surface area contributed by atoms with E-state index in [0.717, 1.165) is 23.5 Å². The highest BCUT2D eigenvalue weighted by molar-refractivity contribution is 5.59. The predicted octanol–water partition coefficient (Wildman–Crippen LogP) is 0.983. The second-order valence-corrected chi connectivity index (χ2v) is 2.76. The van der Waals surface area contributed by atoms with Gasteiger partial charge in [-0.2, -0.15) is 0 Å². The van der Waals surface area contributed by atoms with Gasteiger partial charge in [0.1, 0.15) is 12.4 Å². The maximum atomic E-state index is 8.87. The van der Waals surface area contributed by atoms with Crippen molar-refractivity contribution in [1.29, 1.82) is 0 Å². The standard InChI is InChI=1S/C9H11NO2/c11-6-7-1-2-9-8(5-7)10-3-4-12-9/h1-2,5,10-11H,3-4,6H2. The fourth-order valence-corrected chi connectivity index (χ4v) is 1.29. The first-order valence-corrected chi connectivity index (χ1v) is 4.00. The van der Waals surface area contributed by atoms with Crippen molar-refractivity contribution in [2.75, 3.05) is 18.5 Å². The molecular formula is C9H11NO2. The molecular weight excluding hydrogens is 154 g/mol. The molecule has 0 atom stereocenters. The highest BCUT2D eigenvalue weighted by Gasteiger charge is 2.08. The summed E-state index contributed by atoms with van der Waals surface area (Å²) in [5.74, 6) is 0.874. The summed E-state index contributed by atoms with van der Waals surface area (Å²) in [7, 11) is 0. The molecule has 0 unspecified atom stereocenters. The zero-order valence-corrected chi connectivity index (χ0v) is 6.71. The Balaban J connectivity index is 2.36. The van der Waals surface area contributed by atoms with Crippen molar-refractivity contribution in [3.63, 3.8) is 0 Å². The Labute approximate surface area is 71.0 Å². The van der Waals surface area contributed by atoms with Gasteiger partial charge in [0.2, 0.25) is 0 Å². The fraction of sp³-hybridized carbons (Fsp3) is 0.333. The molecule has 1 aromatic carbocycles. The minimum atomic E-state index is 0.0783. The molecule has 1 heterocycles. The highest BCUT2D eigenvalue weighted by Crippen LogP contribution is 2.27. The van der Waals surface area contributed by atoms with Crippen LogP contribution in [0.5, 0.6) is 5.75 Å². The van der Waals surface area contributed by atoms with E-state index >= 15 is 0 Å². The number of aliphatic hydroxyl groups is 1. The van der Waals surface area contributed by atoms with E-state index in [1.54, 1.807) is 0 Å². The Bertz CT molecular complexity index is 286. The quantitative estimate of drug-likeness (QED) is 0.651. The van der Waals surface area contributed by atoms with Gasteiger partial charge in [-0.15, -0.1) is 0 Å². The van der Waals surface area contributed by atoms with Crippen LogP contribution in [0.4, 0.5) is 5.69 Å². The van der Waals surface area contributed by atoms with E-state index in [9.17, 15) is 0 Å². The van der Waals surface area contributed by atoms with E-state index < -0.39 is 0 Å². The third-order valence-corrected chi connectivity index (χ3v) is 1.90. The average molecular weight is 165 g/mol. The van der Waals surface area contributed by atoms with Gasteiger partial charge in [0.05, 0.1) is 12.3 Å². The highest BCUT2D eigenvalue weighted by atomic mass is 16.5. The third-order valence-electron chi connectivity index (χ3n) is 1.90. The minimum Gasteiger partial charge on any atom is -0.490 e. The van der Waals surface area contributed by atoms with Crippen LogP contribution in [-0.2, 0) is 6.61 Å². The molecule has 1 aliphatic rings. The maximum Gasteiger partial charge on any atom is 0.142 e. The minimum absolute atomic E-state index is 0.0783. The van der Waals surface area contributed by atoms with Gasteiger partial charge >= 0.3 is 0 Å². The van der Waals surface area contributed by atoms with E-state index in [2.05, 4.69) is 5.32 Å². The lowest BCUT2D eigenvalue weighted by molar-refractivity contribution is 0.281. The van der Waals surface area contributed by atoms with Crippen molar-refractivity contribution < 1.29 is 9.84 Å². The molecule has 12 heavy (non-hydrogen) atoms. The summed E-state index contributed by atoms with van der Waals surface area (Å²) in [5, 5.41) is 12.1. The van der Waals surface area contributed by atoms with E-state index in [1.165, 1.54) is 0 Å². The number of anilines is 1. The van der Waals surface area contributed by atoms with Gasteiger partial charge in [-0.1, -0.05) is 6.07 Å². The lowest BCUT2D eigenvalue weighted by Crippen LogP contribution is -2.17. The van der Waals surface area contributed by atoms with Gasteiger partial charge in [-0.3, -0.25) is 0 Å². The number of hydrogen-bond acceptors (Lipinski definition) is 3. The molecule has 1 aliphatic heterocycles. The van der Waals surface area contributed by atoms with Crippen molar-refractivity contribution in [3.8, 4) is 5.75 Å². The first-order chi connectivity index (χ1) is 5.90. The monoisotopic (exact) mass is 165 g/mol. The Kier molecular flexibility index (Phi) is 1.87. The third kappa shape index (κ3) is 1.23. The zero-order chi connectivity index (χ0) is 8.39. The lowest BCUT2D eigenvalue weighted by atomic mass is 10.2. The molecule has 2 N–H and O–H groups in total. The van der Waals surface area contributed by atoms with Crippen LogP contribution in [0.25, 0.3) is 0 Å². The van der Waals surface area contributed by atoms with Gasteiger partial charge in [0.25, 0.3) is 0 Å². The number of benzene rings is 1. The average Bonchev–Trinajstić information content (AvgIpc) is 2.17. The summed E-state index contributed by atoms with van der Waals surface area (Å²) in [6.07, 6.45) is 0. The summed E-state index contributed by atoms with van der Waals surface area (Å²) < 4.78 is 5.38. The molecule has 64 valence electrons. The number of fused-ring (bicyclic) bond motifs is 1. The molecule has 0 saturated carbocycles. The molecule has 0 saturated heterocycles. The number of ether oxygens (including phenoxy) is 1. The first kappa shape index (κ1) is 7.43. The zero-order valence-electron chi connectivity index (χ0n) is 6.71. The Morgan fingerprint density at radius 2 is 2.42 bits per heavy atom. The molecule has 0 fully saturated rings. The smallest absolute Gasteiger partial charge is 0.142 e. The number of aliphatic hydroxyl groups excluding tert-OH is 1. The molecule has 3 heteroatoms. The molecule has 1 aromatic rings. The van der Waals surface area contributed by atoms with Crippen LogP contribution in [0.2, 0.25) is 0 Å². The number of hydrogen-bond donors (Lipinski definition) is 2. The molecule has 0 radical (unpaired) electrons. The summed E-state index contributed by atoms with van der Waals surface area (Å²) in [4.78, 5) is 0. The number of rotatable bonds is 1. The van der Waals surface area contributed by atoms with Crippen molar-refractivity contribution >= 4 is 5.69 Å². The van der Waals surface area contributed by atoms with Crippen LogP contribution < -0.4 is 10.1 Å². The Morgan fingerprint density at radius 3 is 3.25 bits per heavy atom. The van der Waals surface area contributed by atoms with Gasteiger partial charge in [-0.25, -0.2) is 0 Å². The molecule has 0 amide bonds. The molecule has 3 nitrogen and oxygen atoms in total. The van der Waals surface area contributed by atoms with Crippen LogP contribution in [0.15, 0.2) is 18.2 Å². The van der Waals surface area contributed by atoms with Crippen molar-refractivity contribution in [2.45, 2.75) is 6.61 Å². The second-order valence-electron chi connectivity index (χ2n) is 2.76. The normalized spacial score (nSPS) is 14.4. The molecule has 0 aliphatic carbocycles. The molecule has 0 spiro atoms. The van der Waals surface area contributed by atoms with Crippen LogP contribution in [0.1, 0.15) is 5.56 Å². The second kappa shape index (κ2) is 3.03. The van der Waals surface area contributed by atoms with Crippen molar-refractivity contribution in [1.82, 2.24) is 0 Å². The van der Waals surface area contributed by atoms with Gasteiger partial charge in [-0.05, 0) is 17.7 Å². The SMILES string of the molecule is OCc1ccc2c(c1)NCCO2. The van der Waals surface area contributed by atoms with Crippen LogP contribution in [0.3, 0.4) is 0 Å². The molecule has 2 rings (SSSR count). The van der Waals surface area contributed by atoms with Gasteiger partial charge in [0.15, 0.2) is 0 Å². The summed E-state index contributed by atoms with van der Waals surface area (Å²) in [6.45, 7) is 1.63. The Morgan fingerprint density at radius 1 is 1.50 bits per heavy atom. The van der Waals surface area contributed by atoms with E-state index in [0.29, 0.717) is 6.61 Å². The van der Waals surface area contributed by atoms with E-state index in [4.69, 9.17) is 9.84 Å². The van der Waals surface area contributed by atoms with Gasteiger partial charge in [0, 0.05) is 6.54 Å². The van der Waals surface area contributed by atoms with Crippen LogP contribution in [0, 0.1) is 0 Å². The first-order valence-electron chi connectivity index (χ1n) is 4.00. The molecule has 0 bridgehead atoms. The van der Waals surface area contributed by atoms with E-state index in [1.807, 2.05) is 18.2 Å². The fourth-order valence-electron chi connectivity index (χ4n) is 1.29. The summed E-state index contributed by atoms with van der Waals surface area (Å²) in [6, 6.07) is 5.66. The van der Waals surface area contributed by atoms with Crippen molar-refractivity contribution in [2.24, 2.45) is 0 Å².